The van der Waals surface area contributed by atoms with Gasteiger partial charge in [0.15, 0.2) is 0 Å². The number of aromatic nitrogens is 1. The van der Waals surface area contributed by atoms with E-state index in [4.69, 9.17) is 0 Å². The Morgan fingerprint density at radius 1 is 1.17 bits per heavy atom. The highest BCUT2D eigenvalue weighted by atomic mass is 16.2. The van der Waals surface area contributed by atoms with Gasteiger partial charge in [-0.2, -0.15) is 0 Å². The largest absolute Gasteiger partial charge is 0.341 e. The number of carbonyl (C=O) groups excluding carboxylic acids is 1. The molecule has 5 nitrogen and oxygen atoms in total. The summed E-state index contributed by atoms with van der Waals surface area (Å²) in [7, 11) is 4.00. The topological polar surface area (TPSA) is 56.4 Å². The van der Waals surface area contributed by atoms with Crippen molar-refractivity contribution in [3.05, 3.63) is 70.0 Å². The van der Waals surface area contributed by atoms with Crippen LogP contribution >= 0.6 is 0 Å². The first-order valence-electron chi connectivity index (χ1n) is 10.1. The van der Waals surface area contributed by atoms with Crippen molar-refractivity contribution in [1.82, 2.24) is 14.8 Å². The van der Waals surface area contributed by atoms with Gasteiger partial charge in [0.1, 0.15) is 0 Å². The first-order valence-corrected chi connectivity index (χ1v) is 10.1. The molecule has 0 bridgehead atoms. The van der Waals surface area contributed by atoms with Crippen LogP contribution in [-0.4, -0.2) is 54.4 Å². The van der Waals surface area contributed by atoms with Crippen LogP contribution in [0.4, 0.5) is 0 Å². The number of nitrogens with zero attached hydrogens (tertiary/aromatic N) is 2. The number of rotatable bonds is 4. The van der Waals surface area contributed by atoms with Crippen molar-refractivity contribution in [2.75, 3.05) is 33.7 Å². The molecule has 3 aromatic rings. The number of likely N-dealkylation sites (tertiary alicyclic amines) is 1. The average Bonchev–Trinajstić information content (AvgIpc) is 3.12. The van der Waals surface area contributed by atoms with Crippen molar-refractivity contribution in [3.8, 4) is 11.3 Å². The number of aromatic amines is 1. The molecular formula is C24H27N3O2. The zero-order valence-corrected chi connectivity index (χ0v) is 17.2. The Bertz CT molecular complexity index is 1100. The van der Waals surface area contributed by atoms with Crippen molar-refractivity contribution in [2.45, 2.75) is 13.3 Å². The quantitative estimate of drug-likeness (QED) is 0.743. The summed E-state index contributed by atoms with van der Waals surface area (Å²) in [4.78, 5) is 32.3. The van der Waals surface area contributed by atoms with Crippen molar-refractivity contribution >= 4 is 16.7 Å². The highest BCUT2D eigenvalue weighted by Crippen LogP contribution is 2.23. The lowest BCUT2D eigenvalue weighted by Crippen LogP contribution is -2.32. The number of fused-ring (bicyclic) bond motifs is 1. The van der Waals surface area contributed by atoms with Crippen molar-refractivity contribution < 1.29 is 4.79 Å². The number of aryl methyl sites for hydroxylation is 1. The second kappa shape index (κ2) is 7.84. The van der Waals surface area contributed by atoms with E-state index in [9.17, 15) is 9.59 Å². The lowest BCUT2D eigenvalue weighted by atomic mass is 10.0. The van der Waals surface area contributed by atoms with Gasteiger partial charge in [-0.1, -0.05) is 24.3 Å². The Morgan fingerprint density at radius 2 is 1.93 bits per heavy atom. The van der Waals surface area contributed by atoms with Gasteiger partial charge in [0.05, 0.1) is 0 Å². The van der Waals surface area contributed by atoms with Crippen LogP contribution in [0.15, 0.2) is 53.3 Å². The molecule has 1 amide bonds. The normalized spacial score (nSPS) is 17.0. The van der Waals surface area contributed by atoms with E-state index in [1.165, 1.54) is 0 Å². The number of benzene rings is 2. The highest BCUT2D eigenvalue weighted by molar-refractivity contribution is 5.94. The van der Waals surface area contributed by atoms with Gasteiger partial charge in [-0.15, -0.1) is 0 Å². The Hall–Kier alpha value is -2.92. The van der Waals surface area contributed by atoms with E-state index in [1.54, 1.807) is 0 Å². The van der Waals surface area contributed by atoms with E-state index in [1.807, 2.05) is 67.4 Å². The van der Waals surface area contributed by atoms with Gasteiger partial charge < -0.3 is 14.8 Å². The number of carbonyl (C=O) groups is 1. The minimum atomic E-state index is -0.0948. The molecule has 5 heteroatoms. The predicted molar refractivity (Wildman–Crippen MR) is 117 cm³/mol. The summed E-state index contributed by atoms with van der Waals surface area (Å²) in [6.45, 7) is 4.93. The van der Waals surface area contributed by atoms with E-state index in [0.29, 0.717) is 16.9 Å². The Kier molecular flexibility index (Phi) is 5.24. The van der Waals surface area contributed by atoms with E-state index in [0.717, 1.165) is 48.3 Å². The van der Waals surface area contributed by atoms with Gasteiger partial charge >= 0.3 is 0 Å². The van der Waals surface area contributed by atoms with Gasteiger partial charge in [-0.3, -0.25) is 9.59 Å². The molecule has 0 aliphatic carbocycles. The maximum Gasteiger partial charge on any atom is 0.256 e. The molecule has 150 valence electrons. The summed E-state index contributed by atoms with van der Waals surface area (Å²) in [6.07, 6.45) is 1.14. The lowest BCUT2D eigenvalue weighted by molar-refractivity contribution is 0.0774. The molecule has 1 N–H and O–H groups in total. The van der Waals surface area contributed by atoms with Crippen LogP contribution in [0.2, 0.25) is 0 Å². The van der Waals surface area contributed by atoms with Crippen LogP contribution in [0.5, 0.6) is 0 Å². The van der Waals surface area contributed by atoms with Crippen LogP contribution in [-0.2, 0) is 0 Å². The van der Waals surface area contributed by atoms with E-state index in [-0.39, 0.29) is 11.5 Å². The average molecular weight is 389 g/mol. The number of pyridine rings is 1. The number of amides is 1. The molecule has 0 saturated carbocycles. The minimum Gasteiger partial charge on any atom is -0.341 e. The Labute approximate surface area is 171 Å². The molecule has 0 radical (unpaired) electrons. The maximum atomic E-state index is 12.8. The summed E-state index contributed by atoms with van der Waals surface area (Å²) in [5.41, 5.74) is 3.30. The molecule has 4 rings (SSSR count). The van der Waals surface area contributed by atoms with Crippen LogP contribution in [0, 0.1) is 12.8 Å². The summed E-state index contributed by atoms with van der Waals surface area (Å²) >= 11 is 0. The summed E-state index contributed by atoms with van der Waals surface area (Å²) in [5.74, 6) is 0.577. The number of H-pyrrole nitrogens is 1. The third-order valence-corrected chi connectivity index (χ3v) is 5.92. The lowest BCUT2D eigenvalue weighted by Gasteiger charge is -2.21. The summed E-state index contributed by atoms with van der Waals surface area (Å²) in [5, 5.41) is 1.65. The summed E-state index contributed by atoms with van der Waals surface area (Å²) < 4.78 is 0. The molecule has 1 aliphatic heterocycles. The SMILES string of the molecule is Cc1cccc2c(=O)[nH]c(-c3ccc(C(=O)N(C)C[C@@H]4CCN(C)C4)cc3)cc12. The molecule has 29 heavy (non-hydrogen) atoms. The second-order valence-corrected chi connectivity index (χ2v) is 8.23. The predicted octanol–water partition coefficient (Wildman–Crippen LogP) is 3.53. The molecular weight excluding hydrogens is 362 g/mol. The van der Waals surface area contributed by atoms with Gasteiger partial charge in [-0.05, 0) is 73.6 Å². The molecule has 2 aromatic carbocycles. The third-order valence-electron chi connectivity index (χ3n) is 5.92. The van der Waals surface area contributed by atoms with Gasteiger partial charge in [0, 0.05) is 36.8 Å². The zero-order valence-electron chi connectivity index (χ0n) is 17.2. The zero-order chi connectivity index (χ0) is 20.5. The van der Waals surface area contributed by atoms with Crippen LogP contribution in [0.1, 0.15) is 22.3 Å². The monoisotopic (exact) mass is 389 g/mol. The van der Waals surface area contributed by atoms with Crippen molar-refractivity contribution in [3.63, 3.8) is 0 Å². The molecule has 1 aromatic heterocycles. The fourth-order valence-electron chi connectivity index (χ4n) is 4.25. The fourth-order valence-corrected chi connectivity index (χ4v) is 4.25. The molecule has 0 unspecified atom stereocenters. The van der Waals surface area contributed by atoms with Gasteiger partial charge in [0.25, 0.3) is 11.5 Å². The molecule has 1 atom stereocenters. The fraction of sp³-hybridized carbons (Fsp3) is 0.333. The van der Waals surface area contributed by atoms with Gasteiger partial charge in [-0.25, -0.2) is 0 Å². The van der Waals surface area contributed by atoms with Crippen molar-refractivity contribution in [1.29, 1.82) is 0 Å². The molecule has 2 heterocycles. The van der Waals surface area contributed by atoms with Crippen LogP contribution in [0.25, 0.3) is 22.0 Å². The number of hydrogen-bond acceptors (Lipinski definition) is 3. The molecule has 0 spiro atoms. The second-order valence-electron chi connectivity index (χ2n) is 8.23. The molecule has 1 fully saturated rings. The van der Waals surface area contributed by atoms with Crippen LogP contribution < -0.4 is 5.56 Å². The standard InChI is InChI=1S/C24H27N3O2/c1-16-5-4-6-20-21(16)13-22(25-23(20)28)18-7-9-19(10-8-18)24(29)27(3)15-17-11-12-26(2)14-17/h4-10,13,17H,11-12,14-15H2,1-3H3,(H,25,28)/t17-/m1/s1. The molecule has 1 saturated heterocycles. The smallest absolute Gasteiger partial charge is 0.256 e. The van der Waals surface area contributed by atoms with Crippen LogP contribution in [0.3, 0.4) is 0 Å². The molecule has 1 aliphatic rings. The highest BCUT2D eigenvalue weighted by Gasteiger charge is 2.23. The number of nitrogens with one attached hydrogen (secondary N) is 1. The van der Waals surface area contributed by atoms with E-state index >= 15 is 0 Å². The number of hydrogen-bond donors (Lipinski definition) is 1. The summed E-state index contributed by atoms with van der Waals surface area (Å²) in [6, 6.07) is 15.2. The third kappa shape index (κ3) is 3.96. The first-order chi connectivity index (χ1) is 13.9. The van der Waals surface area contributed by atoms with Gasteiger partial charge in [0.2, 0.25) is 0 Å². The maximum absolute atomic E-state index is 12.8. The first kappa shape index (κ1) is 19.4. The Morgan fingerprint density at radius 3 is 2.62 bits per heavy atom. The van der Waals surface area contributed by atoms with Crippen molar-refractivity contribution in [2.24, 2.45) is 5.92 Å². The van der Waals surface area contributed by atoms with E-state index in [2.05, 4.69) is 16.9 Å². The Balaban J connectivity index is 1.55. The van der Waals surface area contributed by atoms with E-state index < -0.39 is 0 Å². The minimum absolute atomic E-state index is 0.0361.